The number of esters is 1. The first-order chi connectivity index (χ1) is 13.9. The van der Waals surface area contributed by atoms with Crippen LogP contribution < -0.4 is 5.32 Å². The van der Waals surface area contributed by atoms with E-state index in [0.29, 0.717) is 5.56 Å². The minimum atomic E-state index is -0.691. The minimum absolute atomic E-state index is 0.144. The molecule has 1 amide bonds. The molecule has 3 rings (SSSR count). The zero-order chi connectivity index (χ0) is 20.8. The van der Waals surface area contributed by atoms with E-state index in [-0.39, 0.29) is 11.4 Å². The number of nitro groups is 1. The maximum atomic E-state index is 12.0. The van der Waals surface area contributed by atoms with E-state index >= 15 is 0 Å². The fourth-order valence-electron chi connectivity index (χ4n) is 2.65. The average Bonchev–Trinajstić information content (AvgIpc) is 2.72. The highest BCUT2D eigenvalue weighted by molar-refractivity contribution is 5.96. The van der Waals surface area contributed by atoms with Gasteiger partial charge in [0.1, 0.15) is 0 Å². The van der Waals surface area contributed by atoms with Gasteiger partial charge < -0.3 is 10.1 Å². The van der Waals surface area contributed by atoms with Crippen LogP contribution in [0.5, 0.6) is 0 Å². The zero-order valence-electron chi connectivity index (χ0n) is 15.5. The lowest BCUT2D eigenvalue weighted by Gasteiger charge is -2.08. The summed E-state index contributed by atoms with van der Waals surface area (Å²) in [5.74, 6) is -1.29. The van der Waals surface area contributed by atoms with Crippen LogP contribution in [0.1, 0.15) is 11.1 Å². The molecule has 0 atom stereocenters. The quantitative estimate of drug-likeness (QED) is 0.297. The number of ether oxygens (including phenoxy) is 1. The van der Waals surface area contributed by atoms with Crippen LogP contribution in [-0.2, 0) is 14.3 Å². The molecule has 8 heteroatoms. The lowest BCUT2D eigenvalue weighted by molar-refractivity contribution is -0.384. The van der Waals surface area contributed by atoms with E-state index in [1.807, 2.05) is 30.3 Å². The molecule has 146 valence electrons. The number of pyridine rings is 1. The number of nitrogens with zero attached hydrogens (tertiary/aromatic N) is 2. The van der Waals surface area contributed by atoms with Crippen LogP contribution in [0, 0.1) is 17.0 Å². The number of anilines is 1. The molecule has 0 bridgehead atoms. The Labute approximate surface area is 166 Å². The molecule has 0 unspecified atom stereocenters. The second-order valence-electron chi connectivity index (χ2n) is 6.17. The molecule has 0 aliphatic rings. The lowest BCUT2D eigenvalue weighted by Crippen LogP contribution is -2.20. The molecule has 3 aromatic rings. The molecule has 0 spiro atoms. The number of rotatable bonds is 6. The van der Waals surface area contributed by atoms with Gasteiger partial charge in [0.15, 0.2) is 6.61 Å². The molecule has 1 heterocycles. The first-order valence-corrected chi connectivity index (χ1v) is 8.67. The van der Waals surface area contributed by atoms with E-state index in [2.05, 4.69) is 10.3 Å². The van der Waals surface area contributed by atoms with E-state index < -0.39 is 23.4 Å². The number of nitrogens with one attached hydrogen (secondary N) is 1. The van der Waals surface area contributed by atoms with Crippen molar-refractivity contribution < 1.29 is 19.2 Å². The highest BCUT2D eigenvalue weighted by atomic mass is 16.6. The summed E-state index contributed by atoms with van der Waals surface area (Å²) in [6.45, 7) is 1.19. The van der Waals surface area contributed by atoms with Crippen LogP contribution in [0.15, 0.2) is 60.8 Å². The van der Waals surface area contributed by atoms with Gasteiger partial charge in [-0.05, 0) is 24.6 Å². The number of aryl methyl sites for hydroxylation is 1. The number of nitro benzene ring substituents is 1. The standard InChI is InChI=1S/C21H17N3O5/c1-14-7-9-17(24(27)28)12-18(14)23-19(25)13-29-20(26)10-8-16-5-2-4-15-6-3-11-22-21(15)16/h2-12H,13H2,1H3,(H,23,25)/b10-8+. The summed E-state index contributed by atoms with van der Waals surface area (Å²) >= 11 is 0. The molecule has 0 aliphatic carbocycles. The molecule has 0 saturated carbocycles. The number of benzene rings is 2. The Morgan fingerprint density at radius 3 is 2.79 bits per heavy atom. The monoisotopic (exact) mass is 391 g/mol. The Morgan fingerprint density at radius 2 is 2.00 bits per heavy atom. The number of carbonyl (C=O) groups is 2. The largest absolute Gasteiger partial charge is 0.452 e. The predicted molar refractivity (Wildman–Crippen MR) is 108 cm³/mol. The average molecular weight is 391 g/mol. The number of hydrogen-bond acceptors (Lipinski definition) is 6. The summed E-state index contributed by atoms with van der Waals surface area (Å²) in [6.07, 6.45) is 4.45. The van der Waals surface area contributed by atoms with E-state index in [9.17, 15) is 19.7 Å². The first-order valence-electron chi connectivity index (χ1n) is 8.67. The third-order valence-electron chi connectivity index (χ3n) is 4.11. The van der Waals surface area contributed by atoms with Gasteiger partial charge in [-0.25, -0.2) is 4.79 Å². The Kier molecular flexibility index (Phi) is 5.94. The summed E-state index contributed by atoms with van der Waals surface area (Å²) in [6, 6.07) is 13.4. The number of non-ortho nitro benzene ring substituents is 1. The van der Waals surface area contributed by atoms with Crippen molar-refractivity contribution in [2.24, 2.45) is 0 Å². The van der Waals surface area contributed by atoms with E-state index in [1.165, 1.54) is 24.3 Å². The molecular weight excluding hydrogens is 374 g/mol. The first kappa shape index (κ1) is 19.7. The van der Waals surface area contributed by atoms with Gasteiger partial charge in [-0.1, -0.05) is 30.3 Å². The molecule has 29 heavy (non-hydrogen) atoms. The lowest BCUT2D eigenvalue weighted by atomic mass is 10.1. The predicted octanol–water partition coefficient (Wildman–Crippen LogP) is 3.65. The van der Waals surface area contributed by atoms with Crippen LogP contribution in [0.3, 0.4) is 0 Å². The van der Waals surface area contributed by atoms with Gasteiger partial charge >= 0.3 is 5.97 Å². The van der Waals surface area contributed by atoms with E-state index in [0.717, 1.165) is 16.5 Å². The molecule has 0 radical (unpaired) electrons. The van der Waals surface area contributed by atoms with Crippen LogP contribution in [0.2, 0.25) is 0 Å². The van der Waals surface area contributed by atoms with Crippen molar-refractivity contribution in [2.45, 2.75) is 6.92 Å². The summed E-state index contributed by atoms with van der Waals surface area (Å²) < 4.78 is 4.94. The Bertz CT molecular complexity index is 1120. The fourth-order valence-corrected chi connectivity index (χ4v) is 2.65. The second-order valence-corrected chi connectivity index (χ2v) is 6.17. The molecule has 1 aromatic heterocycles. The number of aromatic nitrogens is 1. The molecule has 8 nitrogen and oxygen atoms in total. The van der Waals surface area contributed by atoms with Gasteiger partial charge in [-0.3, -0.25) is 19.9 Å². The molecule has 1 N–H and O–H groups in total. The molecule has 0 saturated heterocycles. The van der Waals surface area contributed by atoms with Crippen molar-refractivity contribution >= 4 is 40.2 Å². The topological polar surface area (TPSA) is 111 Å². The number of fused-ring (bicyclic) bond motifs is 1. The highest BCUT2D eigenvalue weighted by Gasteiger charge is 2.12. The number of carbonyl (C=O) groups excluding carboxylic acids is 2. The maximum Gasteiger partial charge on any atom is 0.331 e. The van der Waals surface area contributed by atoms with Crippen molar-refractivity contribution in [1.29, 1.82) is 0 Å². The van der Waals surface area contributed by atoms with Gasteiger partial charge in [0, 0.05) is 35.4 Å². The zero-order valence-corrected chi connectivity index (χ0v) is 15.5. The number of para-hydroxylation sites is 1. The van der Waals surface area contributed by atoms with Crippen LogP contribution >= 0.6 is 0 Å². The molecular formula is C21H17N3O5. The third kappa shape index (κ3) is 5.01. The summed E-state index contributed by atoms with van der Waals surface area (Å²) in [5.41, 5.74) is 2.29. The van der Waals surface area contributed by atoms with E-state index in [4.69, 9.17) is 4.74 Å². The van der Waals surface area contributed by atoms with Gasteiger partial charge in [0.2, 0.25) is 0 Å². The van der Waals surface area contributed by atoms with Gasteiger partial charge in [0.05, 0.1) is 16.1 Å². The summed E-state index contributed by atoms with van der Waals surface area (Å²) in [5, 5.41) is 14.3. The van der Waals surface area contributed by atoms with E-state index in [1.54, 1.807) is 19.2 Å². The Morgan fingerprint density at radius 1 is 1.21 bits per heavy atom. The van der Waals surface area contributed by atoms with Crippen molar-refractivity contribution in [3.8, 4) is 0 Å². The third-order valence-corrected chi connectivity index (χ3v) is 4.11. The van der Waals surface area contributed by atoms with Gasteiger partial charge in [0.25, 0.3) is 11.6 Å². The number of amides is 1. The smallest absolute Gasteiger partial charge is 0.331 e. The summed E-state index contributed by atoms with van der Waals surface area (Å²) in [4.78, 5) is 38.5. The Balaban J connectivity index is 1.59. The fraction of sp³-hybridized carbons (Fsp3) is 0.0952. The molecule has 0 aliphatic heterocycles. The molecule has 0 fully saturated rings. The van der Waals surface area contributed by atoms with Crippen molar-refractivity contribution in [3.63, 3.8) is 0 Å². The number of hydrogen-bond donors (Lipinski definition) is 1. The van der Waals surface area contributed by atoms with Crippen LogP contribution in [0.25, 0.3) is 17.0 Å². The SMILES string of the molecule is Cc1ccc([N+](=O)[O-])cc1NC(=O)COC(=O)/C=C/c1cccc2cccnc12. The van der Waals surface area contributed by atoms with Crippen molar-refractivity contribution in [1.82, 2.24) is 4.98 Å². The van der Waals surface area contributed by atoms with Crippen molar-refractivity contribution in [2.75, 3.05) is 11.9 Å². The normalized spacial score (nSPS) is 10.8. The Hall–Kier alpha value is -4.07. The van der Waals surface area contributed by atoms with Crippen LogP contribution in [-0.4, -0.2) is 28.4 Å². The van der Waals surface area contributed by atoms with Gasteiger partial charge in [-0.15, -0.1) is 0 Å². The summed E-state index contributed by atoms with van der Waals surface area (Å²) in [7, 11) is 0. The van der Waals surface area contributed by atoms with Crippen LogP contribution in [0.4, 0.5) is 11.4 Å². The minimum Gasteiger partial charge on any atom is -0.452 e. The second kappa shape index (κ2) is 8.75. The molecule has 2 aromatic carbocycles. The van der Waals surface area contributed by atoms with Crippen molar-refractivity contribution in [3.05, 3.63) is 82.0 Å². The maximum absolute atomic E-state index is 12.0. The highest BCUT2D eigenvalue weighted by Crippen LogP contribution is 2.21. The van der Waals surface area contributed by atoms with Gasteiger partial charge in [-0.2, -0.15) is 0 Å².